The first kappa shape index (κ1) is 18.4. The van der Waals surface area contributed by atoms with Crippen LogP contribution < -0.4 is 9.47 Å². The van der Waals surface area contributed by atoms with E-state index in [9.17, 15) is 4.79 Å². The standard InChI is InChI=1S/C20H21N3O4/c1-23(13-18-21-20(22-27-18)15-7-5-4-6-8-15)19(24)12-14-9-10-16(25-2)17(11-14)26-3/h4-11H,12-13H2,1-3H3. The number of benzene rings is 2. The molecule has 0 fully saturated rings. The molecule has 7 nitrogen and oxygen atoms in total. The van der Waals surface area contributed by atoms with Crippen LogP contribution in [0.15, 0.2) is 53.1 Å². The molecule has 0 radical (unpaired) electrons. The van der Waals surface area contributed by atoms with Crippen molar-refractivity contribution in [3.8, 4) is 22.9 Å². The van der Waals surface area contributed by atoms with Gasteiger partial charge in [0.1, 0.15) is 0 Å². The van der Waals surface area contributed by atoms with Crippen LogP contribution in [0, 0.1) is 0 Å². The molecule has 0 saturated heterocycles. The summed E-state index contributed by atoms with van der Waals surface area (Å²) in [4.78, 5) is 18.4. The zero-order chi connectivity index (χ0) is 19.2. The fraction of sp³-hybridized carbons (Fsp3) is 0.250. The second kappa shape index (κ2) is 8.35. The lowest BCUT2D eigenvalue weighted by Crippen LogP contribution is -2.27. The normalized spacial score (nSPS) is 10.5. The molecular formula is C20H21N3O4. The van der Waals surface area contributed by atoms with Gasteiger partial charge in [-0.05, 0) is 17.7 Å². The van der Waals surface area contributed by atoms with Crippen LogP contribution >= 0.6 is 0 Å². The molecule has 3 rings (SSSR count). The lowest BCUT2D eigenvalue weighted by Gasteiger charge is -2.15. The van der Waals surface area contributed by atoms with E-state index in [2.05, 4.69) is 10.1 Å². The van der Waals surface area contributed by atoms with Crippen molar-refractivity contribution < 1.29 is 18.8 Å². The minimum absolute atomic E-state index is 0.0679. The van der Waals surface area contributed by atoms with Gasteiger partial charge in [-0.1, -0.05) is 41.6 Å². The molecule has 2 aromatic carbocycles. The van der Waals surface area contributed by atoms with Crippen LogP contribution in [0.3, 0.4) is 0 Å². The first-order valence-electron chi connectivity index (χ1n) is 8.43. The Kier molecular flexibility index (Phi) is 5.71. The number of hydrogen-bond donors (Lipinski definition) is 0. The van der Waals surface area contributed by atoms with E-state index in [1.807, 2.05) is 36.4 Å². The quantitative estimate of drug-likeness (QED) is 0.639. The third-order valence-corrected chi connectivity index (χ3v) is 4.10. The van der Waals surface area contributed by atoms with Crippen LogP contribution in [0.2, 0.25) is 0 Å². The van der Waals surface area contributed by atoms with Crippen LogP contribution in [-0.4, -0.2) is 42.2 Å². The van der Waals surface area contributed by atoms with Gasteiger partial charge in [-0.2, -0.15) is 4.98 Å². The molecule has 3 aromatic rings. The number of carbonyl (C=O) groups is 1. The van der Waals surface area contributed by atoms with E-state index < -0.39 is 0 Å². The zero-order valence-electron chi connectivity index (χ0n) is 15.5. The number of carbonyl (C=O) groups excluding carboxylic acids is 1. The summed E-state index contributed by atoms with van der Waals surface area (Å²) >= 11 is 0. The molecule has 0 aliphatic rings. The molecule has 0 spiro atoms. The highest BCUT2D eigenvalue weighted by atomic mass is 16.5. The van der Waals surface area contributed by atoms with Crippen LogP contribution in [0.5, 0.6) is 11.5 Å². The number of nitrogens with zero attached hydrogens (tertiary/aromatic N) is 3. The van der Waals surface area contributed by atoms with Crippen LogP contribution in [0.25, 0.3) is 11.4 Å². The molecule has 0 N–H and O–H groups in total. The third-order valence-electron chi connectivity index (χ3n) is 4.10. The van der Waals surface area contributed by atoms with Gasteiger partial charge in [-0.3, -0.25) is 4.79 Å². The van der Waals surface area contributed by atoms with Crippen molar-refractivity contribution in [3.05, 3.63) is 60.0 Å². The number of methoxy groups -OCH3 is 2. The number of ether oxygens (including phenoxy) is 2. The Balaban J connectivity index is 1.64. The average Bonchev–Trinajstić information content (AvgIpc) is 3.17. The maximum atomic E-state index is 12.5. The first-order chi connectivity index (χ1) is 13.1. The van der Waals surface area contributed by atoms with Gasteiger partial charge >= 0.3 is 0 Å². The largest absolute Gasteiger partial charge is 0.493 e. The number of hydrogen-bond acceptors (Lipinski definition) is 6. The summed E-state index contributed by atoms with van der Waals surface area (Å²) in [6, 6.07) is 15.0. The van der Waals surface area contributed by atoms with E-state index in [0.717, 1.165) is 11.1 Å². The summed E-state index contributed by atoms with van der Waals surface area (Å²) < 4.78 is 15.8. The van der Waals surface area contributed by atoms with Crippen molar-refractivity contribution in [2.45, 2.75) is 13.0 Å². The summed E-state index contributed by atoms with van der Waals surface area (Å²) in [5.41, 5.74) is 1.70. The Morgan fingerprint density at radius 2 is 1.81 bits per heavy atom. The monoisotopic (exact) mass is 367 g/mol. The topological polar surface area (TPSA) is 77.7 Å². The number of aromatic nitrogens is 2. The van der Waals surface area contributed by atoms with Crippen molar-refractivity contribution in [1.29, 1.82) is 0 Å². The lowest BCUT2D eigenvalue weighted by atomic mass is 10.1. The summed E-state index contributed by atoms with van der Waals surface area (Å²) in [7, 11) is 4.84. The van der Waals surface area contributed by atoms with Gasteiger partial charge in [0.2, 0.25) is 17.6 Å². The van der Waals surface area contributed by atoms with Crippen molar-refractivity contribution >= 4 is 5.91 Å². The fourth-order valence-corrected chi connectivity index (χ4v) is 2.61. The summed E-state index contributed by atoms with van der Waals surface area (Å²) in [6.45, 7) is 0.242. The Bertz CT molecular complexity index is 909. The van der Waals surface area contributed by atoms with Crippen LogP contribution in [0.4, 0.5) is 0 Å². The molecular weight excluding hydrogens is 346 g/mol. The molecule has 0 atom stereocenters. The lowest BCUT2D eigenvalue weighted by molar-refractivity contribution is -0.130. The highest BCUT2D eigenvalue weighted by Crippen LogP contribution is 2.27. The van der Waals surface area contributed by atoms with Gasteiger partial charge in [-0.25, -0.2) is 0 Å². The van der Waals surface area contributed by atoms with Crippen molar-refractivity contribution in [3.63, 3.8) is 0 Å². The second-order valence-electron chi connectivity index (χ2n) is 5.99. The van der Waals surface area contributed by atoms with E-state index in [1.165, 1.54) is 0 Å². The van der Waals surface area contributed by atoms with Gasteiger partial charge < -0.3 is 18.9 Å². The highest BCUT2D eigenvalue weighted by Gasteiger charge is 2.16. The predicted octanol–water partition coefficient (Wildman–Crippen LogP) is 2.95. The molecule has 0 unspecified atom stereocenters. The van der Waals surface area contributed by atoms with Crippen molar-refractivity contribution in [2.24, 2.45) is 0 Å². The number of rotatable bonds is 7. The Morgan fingerprint density at radius 1 is 1.07 bits per heavy atom. The van der Waals surface area contributed by atoms with E-state index in [-0.39, 0.29) is 18.9 Å². The van der Waals surface area contributed by atoms with E-state index >= 15 is 0 Å². The Morgan fingerprint density at radius 3 is 2.52 bits per heavy atom. The van der Waals surface area contributed by atoms with Gasteiger partial charge in [0.15, 0.2) is 11.5 Å². The molecule has 0 aliphatic carbocycles. The SMILES string of the molecule is COc1ccc(CC(=O)N(C)Cc2nc(-c3ccccc3)no2)cc1OC. The molecule has 0 bridgehead atoms. The Hall–Kier alpha value is -3.35. The molecule has 27 heavy (non-hydrogen) atoms. The molecule has 0 aliphatic heterocycles. The second-order valence-corrected chi connectivity index (χ2v) is 5.99. The maximum Gasteiger partial charge on any atom is 0.246 e. The third kappa shape index (κ3) is 4.44. The summed E-state index contributed by atoms with van der Waals surface area (Å²) in [6.07, 6.45) is 0.233. The smallest absolute Gasteiger partial charge is 0.246 e. The number of likely N-dealkylation sites (N-methyl/N-ethyl adjacent to an activating group) is 1. The van der Waals surface area contributed by atoms with E-state index in [4.69, 9.17) is 14.0 Å². The van der Waals surface area contributed by atoms with Gasteiger partial charge in [0.25, 0.3) is 0 Å². The van der Waals surface area contributed by atoms with E-state index in [0.29, 0.717) is 23.2 Å². The molecule has 0 saturated carbocycles. The minimum atomic E-state index is -0.0679. The van der Waals surface area contributed by atoms with Gasteiger partial charge in [-0.15, -0.1) is 0 Å². The number of amides is 1. The van der Waals surface area contributed by atoms with Crippen molar-refractivity contribution in [1.82, 2.24) is 15.0 Å². The highest BCUT2D eigenvalue weighted by molar-refractivity contribution is 5.78. The zero-order valence-corrected chi connectivity index (χ0v) is 15.5. The molecule has 7 heteroatoms. The average molecular weight is 367 g/mol. The van der Waals surface area contributed by atoms with Crippen molar-refractivity contribution in [2.75, 3.05) is 21.3 Å². The van der Waals surface area contributed by atoms with E-state index in [1.54, 1.807) is 38.3 Å². The molecule has 1 aromatic heterocycles. The van der Waals surface area contributed by atoms with Gasteiger partial charge in [0.05, 0.1) is 27.2 Å². The molecule has 1 heterocycles. The van der Waals surface area contributed by atoms with Crippen LogP contribution in [-0.2, 0) is 17.8 Å². The summed E-state index contributed by atoms with van der Waals surface area (Å²) in [5.74, 6) is 2.04. The molecule has 140 valence electrons. The van der Waals surface area contributed by atoms with Gasteiger partial charge in [0, 0.05) is 12.6 Å². The first-order valence-corrected chi connectivity index (χ1v) is 8.43. The van der Waals surface area contributed by atoms with Crippen LogP contribution in [0.1, 0.15) is 11.5 Å². The molecule has 1 amide bonds. The predicted molar refractivity (Wildman–Crippen MR) is 99.5 cm³/mol. The fourth-order valence-electron chi connectivity index (χ4n) is 2.61. The summed E-state index contributed by atoms with van der Waals surface area (Å²) in [5, 5.41) is 3.97. The maximum absolute atomic E-state index is 12.5. The minimum Gasteiger partial charge on any atom is -0.493 e. The Labute approximate surface area is 157 Å².